The molecule has 0 fully saturated rings. The van der Waals surface area contributed by atoms with Gasteiger partial charge in [-0.3, -0.25) is 10.6 Å². The minimum absolute atomic E-state index is 0.291. The van der Waals surface area contributed by atoms with Crippen molar-refractivity contribution in [1.82, 2.24) is 4.90 Å². The Labute approximate surface area is 61.4 Å². The third kappa shape index (κ3) is 2.01. The molecule has 3 nitrogen and oxygen atoms in total. The Morgan fingerprint density at radius 2 is 2.60 bits per heavy atom. The van der Waals surface area contributed by atoms with Gasteiger partial charge in [-0.05, 0) is 19.5 Å². The SMILES string of the molecule is CN1CCC=C(OCN)C1. The maximum Gasteiger partial charge on any atom is 0.136 e. The second kappa shape index (κ2) is 3.58. The molecule has 58 valence electrons. The number of nitrogens with zero attached hydrogens (tertiary/aromatic N) is 1. The van der Waals surface area contributed by atoms with E-state index in [-0.39, 0.29) is 0 Å². The number of ether oxygens (including phenoxy) is 1. The van der Waals surface area contributed by atoms with Crippen molar-refractivity contribution in [3.05, 3.63) is 11.8 Å². The molecule has 1 aliphatic heterocycles. The van der Waals surface area contributed by atoms with E-state index in [1.54, 1.807) is 0 Å². The molecule has 0 atom stereocenters. The largest absolute Gasteiger partial charge is 0.482 e. The van der Waals surface area contributed by atoms with Crippen LogP contribution >= 0.6 is 0 Å². The van der Waals surface area contributed by atoms with Crippen molar-refractivity contribution < 1.29 is 4.74 Å². The Balaban J connectivity index is 2.36. The van der Waals surface area contributed by atoms with Crippen molar-refractivity contribution in [1.29, 1.82) is 0 Å². The maximum atomic E-state index is 5.22. The lowest BCUT2D eigenvalue weighted by molar-refractivity contribution is 0.176. The van der Waals surface area contributed by atoms with Gasteiger partial charge in [-0.1, -0.05) is 0 Å². The summed E-state index contributed by atoms with van der Waals surface area (Å²) in [6.45, 7) is 2.31. The van der Waals surface area contributed by atoms with Gasteiger partial charge in [0.1, 0.15) is 12.5 Å². The predicted molar refractivity (Wildman–Crippen MR) is 40.3 cm³/mol. The van der Waals surface area contributed by atoms with Gasteiger partial charge in [0.15, 0.2) is 0 Å². The molecular formula is C7H14N2O. The third-order valence-electron chi connectivity index (χ3n) is 1.58. The Morgan fingerprint density at radius 3 is 3.20 bits per heavy atom. The van der Waals surface area contributed by atoms with Gasteiger partial charge in [0, 0.05) is 6.54 Å². The van der Waals surface area contributed by atoms with Crippen LogP contribution in [0, 0.1) is 0 Å². The first-order valence-electron chi connectivity index (χ1n) is 3.53. The summed E-state index contributed by atoms with van der Waals surface area (Å²) in [5.74, 6) is 1.01. The highest BCUT2D eigenvalue weighted by atomic mass is 16.5. The van der Waals surface area contributed by atoms with Crippen molar-refractivity contribution in [2.75, 3.05) is 26.9 Å². The molecule has 0 aliphatic carbocycles. The Morgan fingerprint density at radius 1 is 1.80 bits per heavy atom. The molecule has 0 unspecified atom stereocenters. The van der Waals surface area contributed by atoms with Gasteiger partial charge in [-0.2, -0.15) is 0 Å². The van der Waals surface area contributed by atoms with Gasteiger partial charge >= 0.3 is 0 Å². The Hall–Kier alpha value is -0.540. The van der Waals surface area contributed by atoms with E-state index >= 15 is 0 Å². The van der Waals surface area contributed by atoms with Crippen LogP contribution in [0.1, 0.15) is 6.42 Å². The minimum atomic E-state index is 0.291. The first kappa shape index (κ1) is 7.57. The van der Waals surface area contributed by atoms with Crippen molar-refractivity contribution in [2.45, 2.75) is 6.42 Å². The second-order valence-electron chi connectivity index (χ2n) is 2.51. The predicted octanol–water partition coefficient (Wildman–Crippen LogP) is 0.139. The zero-order valence-corrected chi connectivity index (χ0v) is 6.34. The first-order chi connectivity index (χ1) is 4.83. The summed E-state index contributed by atoms with van der Waals surface area (Å²) in [4.78, 5) is 2.21. The van der Waals surface area contributed by atoms with Crippen LogP contribution in [-0.2, 0) is 4.74 Å². The summed E-state index contributed by atoms with van der Waals surface area (Å²) >= 11 is 0. The standard InChI is InChI=1S/C7H14N2O/c1-9-4-2-3-7(5-9)10-6-8/h3H,2,4-6,8H2,1H3. The molecule has 0 saturated heterocycles. The molecule has 0 aromatic carbocycles. The highest BCUT2D eigenvalue weighted by Gasteiger charge is 2.07. The fourth-order valence-corrected chi connectivity index (χ4v) is 1.07. The van der Waals surface area contributed by atoms with E-state index in [4.69, 9.17) is 10.5 Å². The average molecular weight is 142 g/mol. The van der Waals surface area contributed by atoms with Crippen molar-refractivity contribution >= 4 is 0 Å². The smallest absolute Gasteiger partial charge is 0.136 e. The van der Waals surface area contributed by atoms with Crippen LogP contribution in [0.4, 0.5) is 0 Å². The summed E-state index contributed by atoms with van der Waals surface area (Å²) in [6, 6.07) is 0. The fourth-order valence-electron chi connectivity index (χ4n) is 1.07. The van der Waals surface area contributed by atoms with Crippen LogP contribution in [0.3, 0.4) is 0 Å². The van der Waals surface area contributed by atoms with Gasteiger partial charge < -0.3 is 4.74 Å². The molecular weight excluding hydrogens is 128 g/mol. The monoisotopic (exact) mass is 142 g/mol. The van der Waals surface area contributed by atoms with Gasteiger partial charge in [0.05, 0.1) is 6.54 Å². The summed E-state index contributed by atoms with van der Waals surface area (Å²) in [6.07, 6.45) is 3.18. The van der Waals surface area contributed by atoms with Crippen LogP contribution in [-0.4, -0.2) is 31.8 Å². The van der Waals surface area contributed by atoms with E-state index < -0.39 is 0 Å². The summed E-state index contributed by atoms with van der Waals surface area (Å²) in [7, 11) is 2.08. The minimum Gasteiger partial charge on any atom is -0.482 e. The van der Waals surface area contributed by atoms with Gasteiger partial charge in [-0.25, -0.2) is 0 Å². The van der Waals surface area contributed by atoms with Gasteiger partial charge in [0.2, 0.25) is 0 Å². The molecule has 0 aromatic rings. The van der Waals surface area contributed by atoms with Crippen LogP contribution in [0.15, 0.2) is 11.8 Å². The normalized spacial score (nSPS) is 20.4. The quantitative estimate of drug-likeness (QED) is 0.557. The van der Waals surface area contributed by atoms with E-state index in [0.717, 1.165) is 25.3 Å². The fraction of sp³-hybridized carbons (Fsp3) is 0.714. The summed E-state index contributed by atoms with van der Waals surface area (Å²) in [5.41, 5.74) is 5.22. The molecule has 1 rings (SSSR count). The molecule has 1 heterocycles. The molecule has 10 heavy (non-hydrogen) atoms. The van der Waals surface area contributed by atoms with E-state index in [0.29, 0.717) is 6.73 Å². The van der Waals surface area contributed by atoms with E-state index in [1.807, 2.05) is 0 Å². The third-order valence-corrected chi connectivity index (χ3v) is 1.58. The number of likely N-dealkylation sites (N-methyl/N-ethyl adjacent to an activating group) is 1. The lowest BCUT2D eigenvalue weighted by atomic mass is 10.2. The molecule has 1 aliphatic rings. The Kier molecular flexibility index (Phi) is 2.71. The molecule has 2 N–H and O–H groups in total. The van der Waals surface area contributed by atoms with Gasteiger partial charge in [0.25, 0.3) is 0 Å². The Bertz CT molecular complexity index is 134. The molecule has 0 amide bonds. The molecule has 0 bridgehead atoms. The molecule has 0 radical (unpaired) electrons. The van der Waals surface area contributed by atoms with Crippen molar-refractivity contribution in [2.24, 2.45) is 5.73 Å². The topological polar surface area (TPSA) is 38.5 Å². The van der Waals surface area contributed by atoms with Gasteiger partial charge in [-0.15, -0.1) is 0 Å². The van der Waals surface area contributed by atoms with Crippen LogP contribution < -0.4 is 5.73 Å². The number of hydrogen-bond donors (Lipinski definition) is 1. The lowest BCUT2D eigenvalue weighted by Crippen LogP contribution is -2.27. The van der Waals surface area contributed by atoms with Crippen molar-refractivity contribution in [3.8, 4) is 0 Å². The van der Waals surface area contributed by atoms with E-state index in [1.165, 1.54) is 0 Å². The number of hydrogen-bond acceptors (Lipinski definition) is 3. The molecule has 0 spiro atoms. The van der Waals surface area contributed by atoms with E-state index in [2.05, 4.69) is 18.0 Å². The zero-order chi connectivity index (χ0) is 7.40. The van der Waals surface area contributed by atoms with Crippen LogP contribution in [0.5, 0.6) is 0 Å². The van der Waals surface area contributed by atoms with E-state index in [9.17, 15) is 0 Å². The summed E-state index contributed by atoms with van der Waals surface area (Å²) in [5, 5.41) is 0. The highest BCUT2D eigenvalue weighted by Crippen LogP contribution is 2.07. The highest BCUT2D eigenvalue weighted by molar-refractivity contribution is 4.99. The second-order valence-corrected chi connectivity index (χ2v) is 2.51. The zero-order valence-electron chi connectivity index (χ0n) is 6.34. The number of rotatable bonds is 2. The number of nitrogens with two attached hydrogens (primary N) is 1. The molecule has 0 aromatic heterocycles. The lowest BCUT2D eigenvalue weighted by Gasteiger charge is -2.22. The first-order valence-corrected chi connectivity index (χ1v) is 3.53. The molecule has 3 heteroatoms. The summed E-state index contributed by atoms with van der Waals surface area (Å²) < 4.78 is 5.15. The van der Waals surface area contributed by atoms with Crippen LogP contribution in [0.25, 0.3) is 0 Å². The van der Waals surface area contributed by atoms with Crippen molar-refractivity contribution in [3.63, 3.8) is 0 Å². The van der Waals surface area contributed by atoms with Crippen LogP contribution in [0.2, 0.25) is 0 Å². The maximum absolute atomic E-state index is 5.22. The average Bonchev–Trinajstić information content (AvgIpc) is 1.88. The molecule has 0 saturated carbocycles.